The number of hydrogen-bond donors (Lipinski definition) is 1. The lowest BCUT2D eigenvalue weighted by Crippen LogP contribution is -2.37. The molecule has 0 bridgehead atoms. The Balaban J connectivity index is 1.56. The Morgan fingerprint density at radius 1 is 1.00 bits per heavy atom. The first kappa shape index (κ1) is 16.5. The molecule has 5 rings (SSSR count). The number of carbonyl (C=O) groups is 1. The molecule has 6 heteroatoms. The number of fused-ring (bicyclic) bond motifs is 1. The van der Waals surface area contributed by atoms with E-state index in [1.54, 1.807) is 11.0 Å². The molecular weight excluding hydrogens is 350 g/mol. The van der Waals surface area contributed by atoms with Gasteiger partial charge in [0.15, 0.2) is 0 Å². The van der Waals surface area contributed by atoms with Crippen LogP contribution in [0.3, 0.4) is 0 Å². The van der Waals surface area contributed by atoms with Crippen LogP contribution in [-0.4, -0.2) is 37.1 Å². The highest BCUT2D eigenvalue weighted by molar-refractivity contribution is 5.94. The van der Waals surface area contributed by atoms with Crippen LogP contribution in [0.5, 0.6) is 0 Å². The van der Waals surface area contributed by atoms with Crippen molar-refractivity contribution in [1.82, 2.24) is 24.6 Å². The number of amides is 1. The summed E-state index contributed by atoms with van der Waals surface area (Å²) in [6, 6.07) is 21.6. The molecule has 0 saturated heterocycles. The highest BCUT2D eigenvalue weighted by Gasteiger charge is 2.27. The molecule has 0 fully saturated rings. The quantitative estimate of drug-likeness (QED) is 0.601. The van der Waals surface area contributed by atoms with Crippen molar-refractivity contribution >= 4 is 5.91 Å². The Labute approximate surface area is 162 Å². The molecule has 2 aromatic carbocycles. The van der Waals surface area contributed by atoms with Crippen LogP contribution in [0.4, 0.5) is 0 Å². The van der Waals surface area contributed by atoms with E-state index in [4.69, 9.17) is 5.10 Å². The first-order valence-corrected chi connectivity index (χ1v) is 9.31. The van der Waals surface area contributed by atoms with E-state index in [1.807, 2.05) is 71.6 Å². The van der Waals surface area contributed by atoms with Crippen LogP contribution < -0.4 is 0 Å². The van der Waals surface area contributed by atoms with Crippen molar-refractivity contribution in [3.05, 3.63) is 90.1 Å². The second kappa shape index (κ2) is 6.81. The molecule has 1 aliphatic rings. The minimum atomic E-state index is -0.0289. The van der Waals surface area contributed by atoms with Crippen LogP contribution in [0.1, 0.15) is 21.9 Å². The molecule has 0 spiro atoms. The van der Waals surface area contributed by atoms with Gasteiger partial charge in [0.25, 0.3) is 5.91 Å². The first-order chi connectivity index (χ1) is 13.8. The minimum Gasteiger partial charge on any atom is -0.347 e. The average Bonchev–Trinajstić information content (AvgIpc) is 3.41. The van der Waals surface area contributed by atoms with Crippen molar-refractivity contribution in [2.45, 2.75) is 13.0 Å². The van der Waals surface area contributed by atoms with E-state index in [-0.39, 0.29) is 5.91 Å². The van der Waals surface area contributed by atoms with Gasteiger partial charge < -0.3 is 9.88 Å². The summed E-state index contributed by atoms with van der Waals surface area (Å²) in [5, 5.41) is 4.75. The summed E-state index contributed by atoms with van der Waals surface area (Å²) in [6.45, 7) is 1.19. The molecule has 0 saturated carbocycles. The van der Waals surface area contributed by atoms with Gasteiger partial charge in [-0.3, -0.25) is 4.79 Å². The zero-order valence-corrected chi connectivity index (χ0v) is 15.2. The summed E-state index contributed by atoms with van der Waals surface area (Å²) in [5.74, 6) is -0.0289. The van der Waals surface area contributed by atoms with E-state index in [0.29, 0.717) is 18.8 Å². The number of para-hydroxylation sites is 1. The Bertz CT molecular complexity index is 1110. The van der Waals surface area contributed by atoms with Crippen molar-refractivity contribution in [1.29, 1.82) is 0 Å². The average molecular weight is 369 g/mol. The lowest BCUT2D eigenvalue weighted by Gasteiger charge is -2.26. The third kappa shape index (κ3) is 2.89. The molecule has 0 aliphatic carbocycles. The molecule has 1 aliphatic heterocycles. The van der Waals surface area contributed by atoms with Crippen molar-refractivity contribution in [3.63, 3.8) is 0 Å². The summed E-state index contributed by atoms with van der Waals surface area (Å²) >= 11 is 0. The molecule has 1 N–H and O–H groups in total. The number of carbonyl (C=O) groups excluding carboxylic acids is 1. The van der Waals surface area contributed by atoms with Gasteiger partial charge in [-0.15, -0.1) is 0 Å². The number of H-pyrrole nitrogens is 1. The van der Waals surface area contributed by atoms with E-state index in [1.165, 1.54) is 0 Å². The third-order valence-corrected chi connectivity index (χ3v) is 5.06. The number of imidazole rings is 1. The number of rotatable bonds is 3. The second-order valence-electron chi connectivity index (χ2n) is 6.83. The number of hydrogen-bond acceptors (Lipinski definition) is 3. The Morgan fingerprint density at radius 3 is 2.54 bits per heavy atom. The molecule has 4 aromatic rings. The van der Waals surface area contributed by atoms with Crippen LogP contribution in [-0.2, 0) is 13.0 Å². The van der Waals surface area contributed by atoms with Crippen LogP contribution in [0.25, 0.3) is 16.9 Å². The van der Waals surface area contributed by atoms with Crippen molar-refractivity contribution in [3.8, 4) is 16.9 Å². The maximum Gasteiger partial charge on any atom is 0.272 e. The SMILES string of the molecule is O=C(c1cc(-c2ccccc2)nn1-c1ccccc1)N1CCc2nc[nH]c2C1. The monoisotopic (exact) mass is 369 g/mol. The molecule has 0 unspecified atom stereocenters. The van der Waals surface area contributed by atoms with Crippen molar-refractivity contribution in [2.24, 2.45) is 0 Å². The number of nitrogens with zero attached hydrogens (tertiary/aromatic N) is 4. The Hall–Kier alpha value is -3.67. The van der Waals surface area contributed by atoms with Gasteiger partial charge >= 0.3 is 0 Å². The standard InChI is InChI=1S/C22H19N5O/c28-22(26-12-11-18-20(14-26)24-15-23-18)21-13-19(16-7-3-1-4-8-16)25-27(21)17-9-5-2-6-10-17/h1-10,13,15H,11-12,14H2,(H,23,24). The maximum absolute atomic E-state index is 13.4. The van der Waals surface area contributed by atoms with Gasteiger partial charge in [-0.05, 0) is 18.2 Å². The molecule has 0 atom stereocenters. The zero-order valence-electron chi connectivity index (χ0n) is 15.2. The number of benzene rings is 2. The van der Waals surface area contributed by atoms with Crippen LogP contribution in [0.15, 0.2) is 73.1 Å². The van der Waals surface area contributed by atoms with Gasteiger partial charge in [0, 0.05) is 18.5 Å². The minimum absolute atomic E-state index is 0.0289. The normalized spacial score (nSPS) is 13.4. The fourth-order valence-electron chi connectivity index (χ4n) is 3.60. The summed E-state index contributed by atoms with van der Waals surface area (Å²) in [6.07, 6.45) is 2.45. The van der Waals surface area contributed by atoms with Crippen LogP contribution in [0.2, 0.25) is 0 Å². The van der Waals surface area contributed by atoms with Gasteiger partial charge in [0.1, 0.15) is 5.69 Å². The second-order valence-corrected chi connectivity index (χ2v) is 6.83. The predicted molar refractivity (Wildman–Crippen MR) is 106 cm³/mol. The van der Waals surface area contributed by atoms with E-state index in [0.717, 1.165) is 34.8 Å². The fourth-order valence-corrected chi connectivity index (χ4v) is 3.60. The lowest BCUT2D eigenvalue weighted by atomic mass is 10.1. The van der Waals surface area contributed by atoms with E-state index >= 15 is 0 Å². The smallest absolute Gasteiger partial charge is 0.272 e. The fraction of sp³-hybridized carbons (Fsp3) is 0.136. The highest BCUT2D eigenvalue weighted by atomic mass is 16.2. The summed E-state index contributed by atoms with van der Waals surface area (Å²) in [4.78, 5) is 22.7. The summed E-state index contributed by atoms with van der Waals surface area (Å²) in [5.41, 5.74) is 5.26. The van der Waals surface area contributed by atoms with Crippen LogP contribution >= 0.6 is 0 Å². The largest absolute Gasteiger partial charge is 0.347 e. The van der Waals surface area contributed by atoms with Crippen molar-refractivity contribution < 1.29 is 4.79 Å². The number of aromatic amines is 1. The highest BCUT2D eigenvalue weighted by Crippen LogP contribution is 2.24. The van der Waals surface area contributed by atoms with Gasteiger partial charge in [-0.1, -0.05) is 48.5 Å². The molecular formula is C22H19N5O. The molecule has 1 amide bonds. The lowest BCUT2D eigenvalue weighted by molar-refractivity contribution is 0.0722. The molecule has 6 nitrogen and oxygen atoms in total. The molecule has 138 valence electrons. The van der Waals surface area contributed by atoms with E-state index < -0.39 is 0 Å². The zero-order chi connectivity index (χ0) is 18.9. The van der Waals surface area contributed by atoms with E-state index in [2.05, 4.69) is 9.97 Å². The van der Waals surface area contributed by atoms with Gasteiger partial charge in [-0.25, -0.2) is 9.67 Å². The number of nitrogens with one attached hydrogen (secondary N) is 1. The molecule has 0 radical (unpaired) electrons. The number of aromatic nitrogens is 4. The van der Waals surface area contributed by atoms with Gasteiger partial charge in [0.05, 0.1) is 35.6 Å². The maximum atomic E-state index is 13.4. The van der Waals surface area contributed by atoms with E-state index in [9.17, 15) is 4.79 Å². The first-order valence-electron chi connectivity index (χ1n) is 9.31. The van der Waals surface area contributed by atoms with Gasteiger partial charge in [0.2, 0.25) is 0 Å². The topological polar surface area (TPSA) is 66.8 Å². The Morgan fingerprint density at radius 2 is 1.75 bits per heavy atom. The van der Waals surface area contributed by atoms with Crippen molar-refractivity contribution in [2.75, 3.05) is 6.54 Å². The summed E-state index contributed by atoms with van der Waals surface area (Å²) in [7, 11) is 0. The Kier molecular flexibility index (Phi) is 4.01. The third-order valence-electron chi connectivity index (χ3n) is 5.06. The van der Waals surface area contributed by atoms with Gasteiger partial charge in [-0.2, -0.15) is 5.10 Å². The van der Waals surface area contributed by atoms with Crippen LogP contribution in [0, 0.1) is 0 Å². The molecule has 3 heterocycles. The molecule has 28 heavy (non-hydrogen) atoms. The predicted octanol–water partition coefficient (Wildman–Crippen LogP) is 3.46. The summed E-state index contributed by atoms with van der Waals surface area (Å²) < 4.78 is 1.74. The molecule has 2 aromatic heterocycles.